The van der Waals surface area contributed by atoms with E-state index in [0.29, 0.717) is 43.5 Å². The summed E-state index contributed by atoms with van der Waals surface area (Å²) < 4.78 is 11.6. The van der Waals surface area contributed by atoms with Crippen LogP contribution in [0.15, 0.2) is 30.6 Å². The van der Waals surface area contributed by atoms with E-state index in [9.17, 15) is 4.79 Å². The minimum Gasteiger partial charge on any atom is -0.463 e. The number of hydrogen-bond acceptors (Lipinski definition) is 8. The molecule has 1 amide bonds. The van der Waals surface area contributed by atoms with Gasteiger partial charge in [0.25, 0.3) is 0 Å². The number of nitrogens with zero attached hydrogens (tertiary/aromatic N) is 5. The molecule has 0 bridgehead atoms. The maximum Gasteiger partial charge on any atom is 0.410 e. The van der Waals surface area contributed by atoms with Crippen LogP contribution in [0, 0.1) is 17.8 Å². The highest BCUT2D eigenvalue weighted by Gasteiger charge is 2.45. The summed E-state index contributed by atoms with van der Waals surface area (Å²) in [7, 11) is 0. The molecule has 1 saturated heterocycles. The highest BCUT2D eigenvalue weighted by Crippen LogP contribution is 2.53. The van der Waals surface area contributed by atoms with Gasteiger partial charge in [-0.15, -0.1) is 0 Å². The zero-order chi connectivity index (χ0) is 25.3. The van der Waals surface area contributed by atoms with Crippen LogP contribution in [0.5, 0.6) is 6.01 Å². The Balaban J connectivity index is 1.23. The largest absolute Gasteiger partial charge is 0.463 e. The number of likely N-dealkylation sites (tertiary alicyclic amines) is 1. The number of fused-ring (bicyclic) bond motifs is 1. The van der Waals surface area contributed by atoms with Crippen LogP contribution in [0.3, 0.4) is 0 Å². The molecule has 1 aliphatic carbocycles. The molecule has 3 aromatic rings. The van der Waals surface area contributed by atoms with Crippen LogP contribution in [-0.4, -0.2) is 56.2 Å². The Hall–Kier alpha value is -2.81. The Kier molecular flexibility index (Phi) is 7.10. The van der Waals surface area contributed by atoms with Gasteiger partial charge in [-0.3, -0.25) is 0 Å². The van der Waals surface area contributed by atoms with Gasteiger partial charge in [0, 0.05) is 25.5 Å². The molecule has 0 N–H and O–H groups in total. The third kappa shape index (κ3) is 5.77. The third-order valence-electron chi connectivity index (χ3n) is 7.07. The zero-order valence-corrected chi connectivity index (χ0v) is 22.3. The molecule has 9 heteroatoms. The van der Waals surface area contributed by atoms with Crippen LogP contribution in [0.4, 0.5) is 4.79 Å². The van der Waals surface area contributed by atoms with Gasteiger partial charge in [0.1, 0.15) is 21.0 Å². The van der Waals surface area contributed by atoms with Crippen LogP contribution in [-0.2, 0) is 4.74 Å². The summed E-state index contributed by atoms with van der Waals surface area (Å²) in [5.74, 6) is 1.73. The minimum absolute atomic E-state index is 0.136. The summed E-state index contributed by atoms with van der Waals surface area (Å²) in [5.41, 5.74) is 1.44. The second-order valence-electron chi connectivity index (χ2n) is 10.9. The SMILES string of the molecule is CCC1CC1C(c1ccnc(OCC2CCN(C(=O)OC(C)(C)C)CC2)n1)c1nc2cccnc2s1. The number of ether oxygens (including phenoxy) is 2. The van der Waals surface area contributed by atoms with E-state index in [0.717, 1.165) is 33.9 Å². The van der Waals surface area contributed by atoms with Crippen molar-refractivity contribution in [2.45, 2.75) is 64.9 Å². The van der Waals surface area contributed by atoms with Crippen LogP contribution < -0.4 is 4.74 Å². The normalized spacial score (nSPS) is 21.4. The monoisotopic (exact) mass is 509 g/mol. The van der Waals surface area contributed by atoms with Gasteiger partial charge in [0.2, 0.25) is 0 Å². The second kappa shape index (κ2) is 10.3. The molecule has 3 atom stereocenters. The van der Waals surface area contributed by atoms with Crippen molar-refractivity contribution in [3.8, 4) is 6.01 Å². The molecule has 4 heterocycles. The van der Waals surface area contributed by atoms with Crippen molar-refractivity contribution in [2.24, 2.45) is 17.8 Å². The van der Waals surface area contributed by atoms with Gasteiger partial charge in [-0.2, -0.15) is 4.98 Å². The quantitative estimate of drug-likeness (QED) is 0.404. The van der Waals surface area contributed by atoms with Gasteiger partial charge in [0.15, 0.2) is 0 Å². The van der Waals surface area contributed by atoms with Crippen molar-refractivity contribution in [1.29, 1.82) is 0 Å². The maximum atomic E-state index is 12.3. The molecule has 0 aromatic carbocycles. The molecule has 192 valence electrons. The summed E-state index contributed by atoms with van der Waals surface area (Å²) in [5, 5.41) is 1.07. The summed E-state index contributed by atoms with van der Waals surface area (Å²) >= 11 is 1.66. The summed E-state index contributed by atoms with van der Waals surface area (Å²) in [6.07, 6.45) is 7.49. The lowest BCUT2D eigenvalue weighted by atomic mass is 9.97. The van der Waals surface area contributed by atoms with E-state index in [1.54, 1.807) is 22.4 Å². The van der Waals surface area contributed by atoms with E-state index in [4.69, 9.17) is 19.4 Å². The second-order valence-corrected chi connectivity index (χ2v) is 11.9. The molecule has 3 aromatic heterocycles. The lowest BCUT2D eigenvalue weighted by molar-refractivity contribution is 0.0163. The molecular weight excluding hydrogens is 474 g/mol. The van der Waals surface area contributed by atoms with E-state index in [-0.39, 0.29) is 12.0 Å². The number of hydrogen-bond donors (Lipinski definition) is 0. The fourth-order valence-electron chi connectivity index (χ4n) is 5.00. The molecule has 8 nitrogen and oxygen atoms in total. The van der Waals surface area contributed by atoms with Crippen LogP contribution >= 0.6 is 11.3 Å². The lowest BCUT2D eigenvalue weighted by Gasteiger charge is -2.33. The number of amides is 1. The molecule has 0 radical (unpaired) electrons. The van der Waals surface area contributed by atoms with Gasteiger partial charge in [0.05, 0.1) is 18.2 Å². The zero-order valence-electron chi connectivity index (χ0n) is 21.5. The van der Waals surface area contributed by atoms with Crippen molar-refractivity contribution in [3.05, 3.63) is 41.3 Å². The molecule has 1 aliphatic heterocycles. The number of aromatic nitrogens is 4. The minimum atomic E-state index is -0.475. The smallest absolute Gasteiger partial charge is 0.410 e. The molecule has 1 saturated carbocycles. The number of rotatable bonds is 7. The first-order valence-corrected chi connectivity index (χ1v) is 13.8. The van der Waals surface area contributed by atoms with Crippen LogP contribution in [0.25, 0.3) is 10.3 Å². The van der Waals surface area contributed by atoms with Gasteiger partial charge in [-0.05, 0) is 76.0 Å². The molecule has 2 aliphatic rings. The van der Waals surface area contributed by atoms with Gasteiger partial charge in [-0.25, -0.2) is 19.7 Å². The molecular formula is C27H35N5O3S. The summed E-state index contributed by atoms with van der Waals surface area (Å²) in [6.45, 7) is 9.83. The van der Waals surface area contributed by atoms with E-state index in [1.807, 2.05) is 45.2 Å². The van der Waals surface area contributed by atoms with E-state index in [1.165, 1.54) is 12.8 Å². The Morgan fingerprint density at radius 3 is 2.67 bits per heavy atom. The highest BCUT2D eigenvalue weighted by molar-refractivity contribution is 7.18. The summed E-state index contributed by atoms with van der Waals surface area (Å²) in [6, 6.07) is 6.37. The fraction of sp³-hybridized carbons (Fsp3) is 0.593. The molecule has 2 fully saturated rings. The Morgan fingerprint density at radius 2 is 1.97 bits per heavy atom. The number of piperidine rings is 1. The number of carbonyl (C=O) groups excluding carboxylic acids is 1. The summed E-state index contributed by atoms with van der Waals surface area (Å²) in [4.78, 5) is 33.7. The van der Waals surface area contributed by atoms with Gasteiger partial charge >= 0.3 is 12.1 Å². The molecule has 36 heavy (non-hydrogen) atoms. The number of carbonyl (C=O) groups is 1. The topological polar surface area (TPSA) is 90.3 Å². The standard InChI is InChI=1S/C27H35N5O3S/c1-5-18-15-19(18)22(24-30-21-7-6-11-28-23(21)36-24)20-8-12-29-25(31-20)34-16-17-9-13-32(14-10-17)26(33)35-27(2,3)4/h6-8,11-12,17-19,22H,5,9-10,13-16H2,1-4H3. The van der Waals surface area contributed by atoms with Gasteiger partial charge < -0.3 is 14.4 Å². The Labute approximate surface area is 216 Å². The first-order valence-electron chi connectivity index (χ1n) is 13.0. The van der Waals surface area contributed by atoms with Crippen molar-refractivity contribution in [1.82, 2.24) is 24.8 Å². The van der Waals surface area contributed by atoms with E-state index >= 15 is 0 Å². The van der Waals surface area contributed by atoms with Crippen LogP contribution in [0.1, 0.15) is 70.0 Å². The van der Waals surface area contributed by atoms with Crippen LogP contribution in [0.2, 0.25) is 0 Å². The molecule has 3 unspecified atom stereocenters. The average Bonchev–Trinajstić information content (AvgIpc) is 3.50. The fourth-order valence-corrected chi connectivity index (χ4v) is 6.09. The van der Waals surface area contributed by atoms with E-state index in [2.05, 4.69) is 16.9 Å². The average molecular weight is 510 g/mol. The van der Waals surface area contributed by atoms with Crippen molar-refractivity contribution < 1.29 is 14.3 Å². The third-order valence-corrected chi connectivity index (χ3v) is 8.13. The number of pyridine rings is 1. The van der Waals surface area contributed by atoms with E-state index < -0.39 is 5.60 Å². The van der Waals surface area contributed by atoms with Gasteiger partial charge in [-0.1, -0.05) is 24.7 Å². The lowest BCUT2D eigenvalue weighted by Crippen LogP contribution is -2.42. The highest BCUT2D eigenvalue weighted by atomic mass is 32.1. The van der Waals surface area contributed by atoms with Crippen molar-refractivity contribution >= 4 is 27.8 Å². The van der Waals surface area contributed by atoms with Crippen molar-refractivity contribution in [3.63, 3.8) is 0 Å². The Bertz CT molecular complexity index is 1170. The maximum absolute atomic E-state index is 12.3. The predicted octanol–water partition coefficient (Wildman–Crippen LogP) is 5.69. The predicted molar refractivity (Wildman–Crippen MR) is 139 cm³/mol. The molecule has 5 rings (SSSR count). The molecule has 0 spiro atoms. The first-order chi connectivity index (χ1) is 17.3. The Morgan fingerprint density at radius 1 is 1.17 bits per heavy atom. The van der Waals surface area contributed by atoms with Crippen molar-refractivity contribution in [2.75, 3.05) is 19.7 Å². The first kappa shape index (κ1) is 24.9. The number of thiazole rings is 1.